The van der Waals surface area contributed by atoms with Crippen LogP contribution in [0.4, 0.5) is 4.79 Å². The summed E-state index contributed by atoms with van der Waals surface area (Å²) in [4.78, 5) is 14.4. The Bertz CT molecular complexity index is 331. The van der Waals surface area contributed by atoms with Crippen molar-refractivity contribution in [2.24, 2.45) is 5.11 Å². The fraction of sp³-hybridized carbons (Fsp3) is 0.625. The van der Waals surface area contributed by atoms with Gasteiger partial charge in [0, 0.05) is 11.5 Å². The first-order chi connectivity index (χ1) is 7.19. The van der Waals surface area contributed by atoms with Gasteiger partial charge in [0.05, 0.1) is 18.7 Å². The minimum atomic E-state index is -1.06. The molecule has 2 atom stereocenters. The Balaban J connectivity index is 2.63. The van der Waals surface area contributed by atoms with Gasteiger partial charge in [0.15, 0.2) is 0 Å². The van der Waals surface area contributed by atoms with E-state index >= 15 is 0 Å². The number of carboxylic acid groups (broad SMARTS) is 1. The minimum absolute atomic E-state index is 0.0789. The third kappa shape index (κ3) is 2.77. The Labute approximate surface area is 86.3 Å². The highest BCUT2D eigenvalue weighted by atomic mass is 16.5. The fourth-order valence-electron chi connectivity index (χ4n) is 1.41. The van der Waals surface area contributed by atoms with Crippen LogP contribution in [0, 0.1) is 12.3 Å². The van der Waals surface area contributed by atoms with Crippen molar-refractivity contribution in [1.29, 1.82) is 0 Å². The van der Waals surface area contributed by atoms with Crippen molar-refractivity contribution < 1.29 is 14.6 Å². The second-order valence-electron chi connectivity index (χ2n) is 3.01. The molecule has 7 nitrogen and oxygen atoms in total. The third-order valence-corrected chi connectivity index (χ3v) is 2.09. The van der Waals surface area contributed by atoms with Crippen LogP contribution in [0.15, 0.2) is 5.11 Å². The highest BCUT2D eigenvalue weighted by molar-refractivity contribution is 5.65. The maximum Gasteiger partial charge on any atom is 0.407 e. The van der Waals surface area contributed by atoms with Gasteiger partial charge in [-0.1, -0.05) is 11.0 Å². The van der Waals surface area contributed by atoms with Crippen molar-refractivity contribution in [3.05, 3.63) is 10.4 Å². The number of nitrogens with zero attached hydrogens (tertiary/aromatic N) is 4. The summed E-state index contributed by atoms with van der Waals surface area (Å²) < 4.78 is 5.19. The van der Waals surface area contributed by atoms with Crippen LogP contribution in [0.5, 0.6) is 0 Å². The van der Waals surface area contributed by atoms with Crippen molar-refractivity contribution in [3.8, 4) is 12.3 Å². The lowest BCUT2D eigenvalue weighted by molar-refractivity contribution is 0.0738. The van der Waals surface area contributed by atoms with Crippen LogP contribution in [0.25, 0.3) is 10.4 Å². The molecule has 0 saturated carbocycles. The highest BCUT2D eigenvalue weighted by Crippen LogP contribution is 2.16. The van der Waals surface area contributed by atoms with E-state index in [1.54, 1.807) is 0 Å². The van der Waals surface area contributed by atoms with Gasteiger partial charge in [-0.15, -0.1) is 6.42 Å². The molecule has 2 unspecified atom stereocenters. The summed E-state index contributed by atoms with van der Waals surface area (Å²) in [5.74, 6) is 2.28. The standard InChI is InChI=1S/C8H10N4O3/c1-2-3-15-7-5-12(8(13)14)4-6(7)10-11-9/h1,6-7H,3-5H2,(H,13,14). The number of azide groups is 1. The molecule has 0 radical (unpaired) electrons. The molecule has 0 bridgehead atoms. The summed E-state index contributed by atoms with van der Waals surface area (Å²) in [5, 5.41) is 12.2. The van der Waals surface area contributed by atoms with Crippen molar-refractivity contribution >= 4 is 6.09 Å². The zero-order valence-corrected chi connectivity index (χ0v) is 7.91. The summed E-state index contributed by atoms with van der Waals surface area (Å²) in [7, 11) is 0. The Morgan fingerprint density at radius 2 is 2.53 bits per heavy atom. The molecule has 1 amide bonds. The lowest BCUT2D eigenvalue weighted by Gasteiger charge is -2.12. The number of ether oxygens (including phenoxy) is 1. The molecule has 1 heterocycles. The first-order valence-electron chi connectivity index (χ1n) is 4.26. The second-order valence-corrected chi connectivity index (χ2v) is 3.01. The molecule has 0 aliphatic carbocycles. The van der Waals surface area contributed by atoms with Crippen molar-refractivity contribution in [2.45, 2.75) is 12.1 Å². The lowest BCUT2D eigenvalue weighted by atomic mass is 10.2. The predicted molar refractivity (Wildman–Crippen MR) is 51.1 cm³/mol. The van der Waals surface area contributed by atoms with Gasteiger partial charge in [-0.05, 0) is 5.53 Å². The van der Waals surface area contributed by atoms with Gasteiger partial charge in [-0.3, -0.25) is 0 Å². The zero-order chi connectivity index (χ0) is 11.3. The van der Waals surface area contributed by atoms with Gasteiger partial charge < -0.3 is 14.7 Å². The summed E-state index contributed by atoms with van der Waals surface area (Å²) in [6, 6.07) is -0.501. The Morgan fingerprint density at radius 3 is 3.07 bits per heavy atom. The molecular weight excluding hydrogens is 200 g/mol. The maximum atomic E-state index is 10.7. The molecule has 1 saturated heterocycles. The average molecular weight is 210 g/mol. The average Bonchev–Trinajstić information content (AvgIpc) is 2.59. The smallest absolute Gasteiger partial charge is 0.407 e. The van der Waals surface area contributed by atoms with E-state index in [1.807, 2.05) is 0 Å². The number of rotatable bonds is 3. The molecule has 1 aliphatic rings. The van der Waals surface area contributed by atoms with Gasteiger partial charge >= 0.3 is 6.09 Å². The second kappa shape index (κ2) is 5.10. The molecular formula is C8H10N4O3. The minimum Gasteiger partial charge on any atom is -0.465 e. The molecule has 0 aromatic heterocycles. The Kier molecular flexibility index (Phi) is 3.80. The number of hydrogen-bond donors (Lipinski definition) is 1. The number of terminal acetylenes is 1. The van der Waals surface area contributed by atoms with E-state index < -0.39 is 18.2 Å². The summed E-state index contributed by atoms with van der Waals surface area (Å²) in [6.45, 7) is 0.408. The molecule has 0 aromatic carbocycles. The molecule has 0 spiro atoms. The SMILES string of the molecule is C#CCOC1CN(C(=O)O)CC1N=[N+]=[N-]. The van der Waals surface area contributed by atoms with Crippen LogP contribution in [-0.2, 0) is 4.74 Å². The molecule has 0 aromatic rings. The molecule has 15 heavy (non-hydrogen) atoms. The van der Waals surface area contributed by atoms with E-state index in [4.69, 9.17) is 21.8 Å². The lowest BCUT2D eigenvalue weighted by Crippen LogP contribution is -2.28. The van der Waals surface area contributed by atoms with Crippen molar-refractivity contribution in [2.75, 3.05) is 19.7 Å². The number of carbonyl (C=O) groups is 1. The highest BCUT2D eigenvalue weighted by Gasteiger charge is 2.35. The van der Waals surface area contributed by atoms with E-state index in [1.165, 1.54) is 0 Å². The van der Waals surface area contributed by atoms with Crippen molar-refractivity contribution in [1.82, 2.24) is 4.90 Å². The van der Waals surface area contributed by atoms with E-state index in [-0.39, 0.29) is 19.7 Å². The van der Waals surface area contributed by atoms with Crippen molar-refractivity contribution in [3.63, 3.8) is 0 Å². The zero-order valence-electron chi connectivity index (χ0n) is 7.91. The number of amides is 1. The van der Waals surface area contributed by atoms with Crippen LogP contribution in [0.2, 0.25) is 0 Å². The molecule has 1 aliphatic heterocycles. The normalized spacial score (nSPS) is 24.3. The third-order valence-electron chi connectivity index (χ3n) is 2.09. The Hall–Kier alpha value is -1.90. The monoisotopic (exact) mass is 210 g/mol. The van der Waals surface area contributed by atoms with Crippen LogP contribution < -0.4 is 0 Å². The van der Waals surface area contributed by atoms with E-state index in [0.29, 0.717) is 0 Å². The summed E-state index contributed by atoms with van der Waals surface area (Å²) >= 11 is 0. The maximum absolute atomic E-state index is 10.7. The van der Waals surface area contributed by atoms with Crippen LogP contribution in [0.1, 0.15) is 0 Å². The van der Waals surface area contributed by atoms with Gasteiger partial charge in [0.2, 0.25) is 0 Å². The molecule has 80 valence electrons. The van der Waals surface area contributed by atoms with Crippen LogP contribution in [0.3, 0.4) is 0 Å². The topological polar surface area (TPSA) is 98.5 Å². The quantitative estimate of drug-likeness (QED) is 0.321. The molecule has 1 N–H and O–H groups in total. The first-order valence-corrected chi connectivity index (χ1v) is 4.26. The number of hydrogen-bond acceptors (Lipinski definition) is 3. The van der Waals surface area contributed by atoms with Gasteiger partial charge in [-0.25, -0.2) is 4.79 Å². The Morgan fingerprint density at radius 1 is 1.80 bits per heavy atom. The van der Waals surface area contributed by atoms with Crippen LogP contribution in [-0.4, -0.2) is 47.9 Å². The molecule has 1 rings (SSSR count). The van der Waals surface area contributed by atoms with Gasteiger partial charge in [-0.2, -0.15) is 0 Å². The largest absolute Gasteiger partial charge is 0.465 e. The van der Waals surface area contributed by atoms with E-state index in [9.17, 15) is 4.79 Å². The number of likely N-dealkylation sites (tertiary alicyclic amines) is 1. The first kappa shape index (κ1) is 11.2. The predicted octanol–water partition coefficient (Wildman–Crippen LogP) is 0.677. The summed E-state index contributed by atoms with van der Waals surface area (Å²) in [6.07, 6.45) is 3.51. The fourth-order valence-corrected chi connectivity index (χ4v) is 1.41. The molecule has 1 fully saturated rings. The van der Waals surface area contributed by atoms with Crippen LogP contribution >= 0.6 is 0 Å². The molecule has 7 heteroatoms. The summed E-state index contributed by atoms with van der Waals surface area (Å²) in [5.41, 5.74) is 8.29. The van der Waals surface area contributed by atoms with Gasteiger partial charge in [0.1, 0.15) is 6.61 Å². The van der Waals surface area contributed by atoms with E-state index in [2.05, 4.69) is 15.9 Å². The van der Waals surface area contributed by atoms with E-state index in [0.717, 1.165) is 4.90 Å². The van der Waals surface area contributed by atoms with Gasteiger partial charge in [0.25, 0.3) is 0 Å².